The number of carbonyl (C=O) groups is 1. The molecule has 0 aliphatic carbocycles. The monoisotopic (exact) mass is 211 g/mol. The molecule has 4 nitrogen and oxygen atoms in total. The quantitative estimate of drug-likeness (QED) is 0.661. The van der Waals surface area contributed by atoms with Crippen molar-refractivity contribution in [1.29, 1.82) is 0 Å². The first-order chi connectivity index (χ1) is 7.24. The van der Waals surface area contributed by atoms with Gasteiger partial charge in [-0.25, -0.2) is 0 Å². The van der Waals surface area contributed by atoms with Crippen LogP contribution in [0.2, 0.25) is 0 Å². The van der Waals surface area contributed by atoms with Crippen molar-refractivity contribution >= 4 is 5.91 Å². The third kappa shape index (κ3) is 4.44. The van der Waals surface area contributed by atoms with Gasteiger partial charge in [-0.15, -0.1) is 0 Å². The summed E-state index contributed by atoms with van der Waals surface area (Å²) in [6.07, 6.45) is 3.39. The number of nitrogens with zero attached hydrogens (tertiary/aromatic N) is 2. The van der Waals surface area contributed by atoms with Crippen molar-refractivity contribution in [2.75, 3.05) is 46.3 Å². The molecule has 1 amide bonds. The van der Waals surface area contributed by atoms with E-state index in [4.69, 9.17) is 0 Å². The van der Waals surface area contributed by atoms with E-state index in [1.807, 2.05) is 14.0 Å². The van der Waals surface area contributed by atoms with E-state index in [0.717, 1.165) is 39.3 Å². The Kier molecular flexibility index (Phi) is 5.36. The van der Waals surface area contributed by atoms with E-state index >= 15 is 0 Å². The Morgan fingerprint density at radius 1 is 1.47 bits per heavy atom. The highest BCUT2D eigenvalue weighted by atomic mass is 16.2. The fraction of sp³-hybridized carbons (Fsp3) is 0.727. The van der Waals surface area contributed by atoms with Crippen molar-refractivity contribution in [3.8, 4) is 0 Å². The molecule has 0 aromatic heterocycles. The SMILES string of the molecule is CC=CC(=O)N(C)CCN1CCNCC1. The van der Waals surface area contributed by atoms with Gasteiger partial charge in [0.15, 0.2) is 0 Å². The van der Waals surface area contributed by atoms with E-state index in [2.05, 4.69) is 10.2 Å². The molecule has 1 aliphatic rings. The third-order valence-corrected chi connectivity index (χ3v) is 2.65. The molecule has 4 heteroatoms. The number of allylic oxidation sites excluding steroid dienone is 1. The van der Waals surface area contributed by atoms with Gasteiger partial charge in [0.2, 0.25) is 5.91 Å². The number of amides is 1. The van der Waals surface area contributed by atoms with Crippen LogP contribution in [0.5, 0.6) is 0 Å². The first kappa shape index (κ1) is 12.2. The molecule has 1 fully saturated rings. The minimum Gasteiger partial charge on any atom is -0.341 e. The number of nitrogens with one attached hydrogen (secondary N) is 1. The molecule has 0 saturated carbocycles. The molecule has 1 saturated heterocycles. The maximum absolute atomic E-state index is 11.4. The fourth-order valence-electron chi connectivity index (χ4n) is 1.61. The molecule has 0 radical (unpaired) electrons. The van der Waals surface area contributed by atoms with E-state index < -0.39 is 0 Å². The Balaban J connectivity index is 2.20. The van der Waals surface area contributed by atoms with E-state index in [1.165, 1.54) is 0 Å². The predicted octanol–water partition coefficient (Wildman–Crippen LogP) is -0.0739. The van der Waals surface area contributed by atoms with Gasteiger partial charge in [0.25, 0.3) is 0 Å². The van der Waals surface area contributed by atoms with Crippen molar-refractivity contribution in [3.63, 3.8) is 0 Å². The number of rotatable bonds is 4. The molecule has 15 heavy (non-hydrogen) atoms. The van der Waals surface area contributed by atoms with Crippen LogP contribution in [0.25, 0.3) is 0 Å². The molecule has 1 heterocycles. The second kappa shape index (κ2) is 6.58. The highest BCUT2D eigenvalue weighted by Crippen LogP contribution is 1.94. The average Bonchev–Trinajstić information content (AvgIpc) is 2.27. The Hall–Kier alpha value is -0.870. The minimum atomic E-state index is 0.0904. The van der Waals surface area contributed by atoms with Gasteiger partial charge in [-0.05, 0) is 13.0 Å². The highest BCUT2D eigenvalue weighted by molar-refractivity contribution is 5.87. The first-order valence-electron chi connectivity index (χ1n) is 5.55. The lowest BCUT2D eigenvalue weighted by molar-refractivity contribution is -0.125. The number of carbonyl (C=O) groups excluding carboxylic acids is 1. The minimum absolute atomic E-state index is 0.0904. The van der Waals surface area contributed by atoms with E-state index in [9.17, 15) is 4.79 Å². The van der Waals surface area contributed by atoms with Crippen LogP contribution < -0.4 is 5.32 Å². The van der Waals surface area contributed by atoms with Crippen LogP contribution in [0.3, 0.4) is 0 Å². The lowest BCUT2D eigenvalue weighted by atomic mass is 10.3. The summed E-state index contributed by atoms with van der Waals surface area (Å²) in [4.78, 5) is 15.6. The van der Waals surface area contributed by atoms with E-state index in [1.54, 1.807) is 17.1 Å². The largest absolute Gasteiger partial charge is 0.341 e. The van der Waals surface area contributed by atoms with Gasteiger partial charge in [0, 0.05) is 46.3 Å². The molecule has 0 unspecified atom stereocenters. The van der Waals surface area contributed by atoms with Crippen LogP contribution in [-0.4, -0.2) is 62.0 Å². The summed E-state index contributed by atoms with van der Waals surface area (Å²) >= 11 is 0. The summed E-state index contributed by atoms with van der Waals surface area (Å²) in [6.45, 7) is 7.95. The van der Waals surface area contributed by atoms with Gasteiger partial charge in [0.05, 0.1) is 0 Å². The summed E-state index contributed by atoms with van der Waals surface area (Å²) in [6, 6.07) is 0. The smallest absolute Gasteiger partial charge is 0.246 e. The van der Waals surface area contributed by atoms with Crippen molar-refractivity contribution in [1.82, 2.24) is 15.1 Å². The third-order valence-electron chi connectivity index (χ3n) is 2.65. The van der Waals surface area contributed by atoms with Crippen molar-refractivity contribution in [2.24, 2.45) is 0 Å². The molecule has 1 rings (SSSR count). The van der Waals surface area contributed by atoms with Crippen LogP contribution in [0.4, 0.5) is 0 Å². The second-order valence-electron chi connectivity index (χ2n) is 3.85. The highest BCUT2D eigenvalue weighted by Gasteiger charge is 2.11. The molecule has 0 aromatic carbocycles. The summed E-state index contributed by atoms with van der Waals surface area (Å²) in [7, 11) is 1.85. The van der Waals surface area contributed by atoms with Crippen LogP contribution in [0.15, 0.2) is 12.2 Å². The van der Waals surface area contributed by atoms with Crippen molar-refractivity contribution < 1.29 is 4.79 Å². The maximum atomic E-state index is 11.4. The normalized spacial score (nSPS) is 18.3. The Labute approximate surface area is 91.9 Å². The molecule has 0 bridgehead atoms. The van der Waals surface area contributed by atoms with Gasteiger partial charge in [-0.1, -0.05) is 6.08 Å². The zero-order valence-corrected chi connectivity index (χ0v) is 9.70. The van der Waals surface area contributed by atoms with Gasteiger partial charge in [0.1, 0.15) is 0 Å². The van der Waals surface area contributed by atoms with E-state index in [-0.39, 0.29) is 5.91 Å². The zero-order valence-electron chi connectivity index (χ0n) is 9.70. The summed E-state index contributed by atoms with van der Waals surface area (Å²) < 4.78 is 0. The summed E-state index contributed by atoms with van der Waals surface area (Å²) in [5.41, 5.74) is 0. The van der Waals surface area contributed by atoms with Gasteiger partial charge >= 0.3 is 0 Å². The molecular formula is C11H21N3O. The first-order valence-corrected chi connectivity index (χ1v) is 5.55. The van der Waals surface area contributed by atoms with E-state index in [0.29, 0.717) is 0 Å². The number of piperazine rings is 1. The van der Waals surface area contributed by atoms with Crippen LogP contribution in [-0.2, 0) is 4.79 Å². The molecule has 86 valence electrons. The van der Waals surface area contributed by atoms with Crippen LogP contribution in [0, 0.1) is 0 Å². The molecule has 0 atom stereocenters. The number of hydrogen-bond donors (Lipinski definition) is 1. The molecule has 0 aromatic rings. The van der Waals surface area contributed by atoms with Gasteiger partial charge < -0.3 is 10.2 Å². The maximum Gasteiger partial charge on any atom is 0.246 e. The summed E-state index contributed by atoms with van der Waals surface area (Å²) in [5, 5.41) is 3.31. The van der Waals surface area contributed by atoms with Gasteiger partial charge in [-0.3, -0.25) is 9.69 Å². The van der Waals surface area contributed by atoms with Gasteiger partial charge in [-0.2, -0.15) is 0 Å². The number of likely N-dealkylation sites (N-methyl/N-ethyl adjacent to an activating group) is 1. The Bertz CT molecular complexity index is 222. The second-order valence-corrected chi connectivity index (χ2v) is 3.85. The summed E-state index contributed by atoms with van der Waals surface area (Å²) in [5.74, 6) is 0.0904. The molecule has 1 N–H and O–H groups in total. The zero-order chi connectivity index (χ0) is 11.1. The molecular weight excluding hydrogens is 190 g/mol. The Morgan fingerprint density at radius 3 is 2.73 bits per heavy atom. The number of hydrogen-bond acceptors (Lipinski definition) is 3. The lowest BCUT2D eigenvalue weighted by Gasteiger charge is -2.28. The Morgan fingerprint density at radius 2 is 2.13 bits per heavy atom. The van der Waals surface area contributed by atoms with Crippen molar-refractivity contribution in [2.45, 2.75) is 6.92 Å². The van der Waals surface area contributed by atoms with Crippen LogP contribution >= 0.6 is 0 Å². The lowest BCUT2D eigenvalue weighted by Crippen LogP contribution is -2.46. The standard InChI is InChI=1S/C11H21N3O/c1-3-4-11(15)13(2)9-10-14-7-5-12-6-8-14/h3-4,12H,5-10H2,1-2H3. The average molecular weight is 211 g/mol. The topological polar surface area (TPSA) is 35.6 Å². The fourth-order valence-corrected chi connectivity index (χ4v) is 1.61. The van der Waals surface area contributed by atoms with Crippen molar-refractivity contribution in [3.05, 3.63) is 12.2 Å². The molecule has 1 aliphatic heterocycles. The van der Waals surface area contributed by atoms with Crippen LogP contribution in [0.1, 0.15) is 6.92 Å². The predicted molar refractivity (Wildman–Crippen MR) is 61.8 cm³/mol. The molecule has 0 spiro atoms.